The highest BCUT2D eigenvalue weighted by Crippen LogP contribution is 2.08. The third-order valence-electron chi connectivity index (χ3n) is 2.15. The molecule has 1 aromatic carbocycles. The van der Waals surface area contributed by atoms with Crippen molar-refractivity contribution in [1.82, 2.24) is 4.98 Å². The van der Waals surface area contributed by atoms with Crippen LogP contribution in [0.4, 0.5) is 0 Å². The van der Waals surface area contributed by atoms with E-state index in [9.17, 15) is 4.79 Å². The van der Waals surface area contributed by atoms with Gasteiger partial charge in [0, 0.05) is 0 Å². The zero-order chi connectivity index (χ0) is 11.4. The molecule has 0 unspecified atom stereocenters. The predicted octanol–water partition coefficient (Wildman–Crippen LogP) is 2.34. The highest BCUT2D eigenvalue weighted by atomic mass is 16.5. The summed E-state index contributed by atoms with van der Waals surface area (Å²) in [6, 6.07) is 9.48. The average molecular weight is 217 g/mol. The van der Waals surface area contributed by atoms with E-state index in [0.717, 1.165) is 5.56 Å². The summed E-state index contributed by atoms with van der Waals surface area (Å²) in [5, 5.41) is 0. The molecule has 2 aromatic rings. The first-order chi connectivity index (χ1) is 7.77. The van der Waals surface area contributed by atoms with Gasteiger partial charge >= 0.3 is 5.97 Å². The van der Waals surface area contributed by atoms with Gasteiger partial charge in [0.05, 0.1) is 0 Å². The molecule has 0 aliphatic rings. The Kier molecular flexibility index (Phi) is 3.00. The van der Waals surface area contributed by atoms with E-state index in [1.54, 1.807) is 6.92 Å². The third kappa shape index (κ3) is 2.28. The summed E-state index contributed by atoms with van der Waals surface area (Å²) < 4.78 is 10.0. The molecule has 0 saturated heterocycles. The van der Waals surface area contributed by atoms with Gasteiger partial charge in [0.1, 0.15) is 12.4 Å². The fourth-order valence-electron chi connectivity index (χ4n) is 1.29. The molecule has 0 aliphatic heterocycles. The number of oxazole rings is 1. The Morgan fingerprint density at radius 1 is 1.38 bits per heavy atom. The van der Waals surface area contributed by atoms with Gasteiger partial charge in [-0.1, -0.05) is 30.3 Å². The van der Waals surface area contributed by atoms with Crippen molar-refractivity contribution in [1.29, 1.82) is 0 Å². The van der Waals surface area contributed by atoms with Crippen LogP contribution in [0.15, 0.2) is 41.1 Å². The molecular formula is C12H11NO3. The lowest BCUT2D eigenvalue weighted by atomic mass is 10.2. The maximum atomic E-state index is 11.6. The van der Waals surface area contributed by atoms with Crippen molar-refractivity contribution < 1.29 is 13.9 Å². The van der Waals surface area contributed by atoms with E-state index in [2.05, 4.69) is 4.98 Å². The summed E-state index contributed by atoms with van der Waals surface area (Å²) in [5.74, 6) is 0.00756. The minimum Gasteiger partial charge on any atom is -0.456 e. The van der Waals surface area contributed by atoms with Crippen LogP contribution in [0.5, 0.6) is 0 Å². The number of carbonyl (C=O) groups is 1. The number of benzene rings is 1. The minimum atomic E-state index is -0.463. The van der Waals surface area contributed by atoms with Crippen LogP contribution in [0.1, 0.15) is 21.8 Å². The molecular weight excluding hydrogens is 206 g/mol. The van der Waals surface area contributed by atoms with Crippen LogP contribution >= 0.6 is 0 Å². The van der Waals surface area contributed by atoms with Crippen molar-refractivity contribution in [2.45, 2.75) is 13.5 Å². The Bertz CT molecular complexity index is 476. The van der Waals surface area contributed by atoms with Crippen molar-refractivity contribution in [2.24, 2.45) is 0 Å². The van der Waals surface area contributed by atoms with Crippen molar-refractivity contribution in [3.05, 3.63) is 53.7 Å². The van der Waals surface area contributed by atoms with Crippen LogP contribution in [-0.4, -0.2) is 11.0 Å². The SMILES string of the molecule is Cc1ocnc1C(=O)OCc1ccccc1. The third-order valence-corrected chi connectivity index (χ3v) is 2.15. The van der Waals surface area contributed by atoms with Gasteiger partial charge in [-0.3, -0.25) is 0 Å². The number of nitrogens with zero attached hydrogens (tertiary/aromatic N) is 1. The summed E-state index contributed by atoms with van der Waals surface area (Å²) in [6.45, 7) is 1.91. The fourth-order valence-corrected chi connectivity index (χ4v) is 1.29. The standard InChI is InChI=1S/C12H11NO3/c1-9-11(13-8-16-9)12(14)15-7-10-5-3-2-4-6-10/h2-6,8H,7H2,1H3. The molecule has 0 saturated carbocycles. The molecule has 0 radical (unpaired) electrons. The zero-order valence-electron chi connectivity index (χ0n) is 8.84. The van der Waals surface area contributed by atoms with E-state index in [-0.39, 0.29) is 12.3 Å². The number of hydrogen-bond acceptors (Lipinski definition) is 4. The second-order valence-electron chi connectivity index (χ2n) is 3.32. The van der Waals surface area contributed by atoms with E-state index in [4.69, 9.17) is 9.15 Å². The van der Waals surface area contributed by atoms with E-state index in [1.807, 2.05) is 30.3 Å². The monoisotopic (exact) mass is 217 g/mol. The van der Waals surface area contributed by atoms with Crippen LogP contribution in [0.25, 0.3) is 0 Å². The van der Waals surface area contributed by atoms with Gasteiger partial charge in [-0.15, -0.1) is 0 Å². The van der Waals surface area contributed by atoms with Crippen LogP contribution in [0.3, 0.4) is 0 Å². The molecule has 0 atom stereocenters. The second kappa shape index (κ2) is 4.61. The first-order valence-electron chi connectivity index (χ1n) is 4.88. The Hall–Kier alpha value is -2.10. The maximum absolute atomic E-state index is 11.6. The predicted molar refractivity (Wildman–Crippen MR) is 56.8 cm³/mol. The summed E-state index contributed by atoms with van der Waals surface area (Å²) >= 11 is 0. The van der Waals surface area contributed by atoms with Crippen LogP contribution in [0.2, 0.25) is 0 Å². The van der Waals surface area contributed by atoms with E-state index in [1.165, 1.54) is 6.39 Å². The molecule has 0 bridgehead atoms. The molecule has 4 heteroatoms. The molecule has 0 aliphatic carbocycles. The number of hydrogen-bond donors (Lipinski definition) is 0. The van der Waals surface area contributed by atoms with Gasteiger partial charge in [-0.25, -0.2) is 9.78 Å². The van der Waals surface area contributed by atoms with Gasteiger partial charge in [-0.05, 0) is 12.5 Å². The van der Waals surface area contributed by atoms with E-state index >= 15 is 0 Å². The molecule has 0 fully saturated rings. The van der Waals surface area contributed by atoms with E-state index < -0.39 is 5.97 Å². The number of carbonyl (C=O) groups excluding carboxylic acids is 1. The number of esters is 1. The molecule has 0 amide bonds. The second-order valence-corrected chi connectivity index (χ2v) is 3.32. The largest absolute Gasteiger partial charge is 0.456 e. The van der Waals surface area contributed by atoms with Crippen LogP contribution in [-0.2, 0) is 11.3 Å². The highest BCUT2D eigenvalue weighted by Gasteiger charge is 2.14. The van der Waals surface area contributed by atoms with Crippen LogP contribution < -0.4 is 0 Å². The normalized spacial score (nSPS) is 10.1. The van der Waals surface area contributed by atoms with Gasteiger partial charge in [-0.2, -0.15) is 0 Å². The van der Waals surface area contributed by atoms with Gasteiger partial charge in [0.2, 0.25) is 0 Å². The van der Waals surface area contributed by atoms with Gasteiger partial charge in [0.15, 0.2) is 12.1 Å². The minimum absolute atomic E-state index is 0.232. The topological polar surface area (TPSA) is 52.3 Å². The summed E-state index contributed by atoms with van der Waals surface area (Å²) in [4.78, 5) is 15.3. The van der Waals surface area contributed by atoms with Gasteiger partial charge < -0.3 is 9.15 Å². The van der Waals surface area contributed by atoms with Crippen LogP contribution in [0, 0.1) is 6.92 Å². The smallest absolute Gasteiger partial charge is 0.360 e. The summed E-state index contributed by atoms with van der Waals surface area (Å²) in [6.07, 6.45) is 1.23. The molecule has 0 spiro atoms. The molecule has 4 nitrogen and oxygen atoms in total. The number of rotatable bonds is 3. The first-order valence-corrected chi connectivity index (χ1v) is 4.88. The fraction of sp³-hybridized carbons (Fsp3) is 0.167. The Labute approximate surface area is 92.9 Å². The zero-order valence-corrected chi connectivity index (χ0v) is 8.84. The average Bonchev–Trinajstić information content (AvgIpc) is 2.74. The van der Waals surface area contributed by atoms with Crippen molar-refractivity contribution >= 4 is 5.97 Å². The molecule has 1 aromatic heterocycles. The molecule has 16 heavy (non-hydrogen) atoms. The first kappa shape index (κ1) is 10.4. The summed E-state index contributed by atoms with van der Waals surface area (Å²) in [5.41, 5.74) is 1.17. The Morgan fingerprint density at radius 2 is 2.12 bits per heavy atom. The Morgan fingerprint density at radius 3 is 2.75 bits per heavy atom. The quantitative estimate of drug-likeness (QED) is 0.740. The Balaban J connectivity index is 1.97. The molecule has 0 N–H and O–H groups in total. The van der Waals surface area contributed by atoms with Crippen molar-refractivity contribution in [3.8, 4) is 0 Å². The number of aromatic nitrogens is 1. The van der Waals surface area contributed by atoms with Gasteiger partial charge in [0.25, 0.3) is 0 Å². The highest BCUT2D eigenvalue weighted by molar-refractivity contribution is 5.88. The summed E-state index contributed by atoms with van der Waals surface area (Å²) in [7, 11) is 0. The molecule has 1 heterocycles. The number of aryl methyl sites for hydroxylation is 1. The lowest BCUT2D eigenvalue weighted by molar-refractivity contribution is 0.0464. The van der Waals surface area contributed by atoms with Crippen molar-refractivity contribution in [2.75, 3.05) is 0 Å². The van der Waals surface area contributed by atoms with Crippen molar-refractivity contribution in [3.63, 3.8) is 0 Å². The number of ether oxygens (including phenoxy) is 1. The van der Waals surface area contributed by atoms with E-state index in [0.29, 0.717) is 5.76 Å². The maximum Gasteiger partial charge on any atom is 0.360 e. The molecule has 2 rings (SSSR count). The lowest BCUT2D eigenvalue weighted by Crippen LogP contribution is -2.06. The lowest BCUT2D eigenvalue weighted by Gasteiger charge is -2.02. The molecule has 82 valence electrons.